The number of hydrogen-bond acceptors (Lipinski definition) is 3. The molecule has 1 aromatic carbocycles. The zero-order valence-corrected chi connectivity index (χ0v) is 9.53. The minimum absolute atomic E-state index is 0.0217. The normalized spacial score (nSPS) is 9.56. The number of hydrogen-bond donors (Lipinski definition) is 1. The molecule has 0 atom stereocenters. The Bertz CT molecular complexity index is 440. The number of nitrogens with zero attached hydrogens (tertiary/aromatic N) is 2. The standard InChI is InChI=1S/C11H11ClN2O2/c1-14(5-4-11(15)16)10-6-9(12)3-2-8(10)7-13/h2-3,6H,4-5H2,1H3,(H,15,16). The highest BCUT2D eigenvalue weighted by atomic mass is 35.5. The summed E-state index contributed by atoms with van der Waals surface area (Å²) in [5.74, 6) is -0.868. The first-order valence-corrected chi connectivity index (χ1v) is 5.05. The van der Waals surface area contributed by atoms with Gasteiger partial charge in [0, 0.05) is 18.6 Å². The molecule has 0 saturated carbocycles. The Balaban J connectivity index is 2.89. The van der Waals surface area contributed by atoms with Crippen molar-refractivity contribution >= 4 is 23.3 Å². The van der Waals surface area contributed by atoms with E-state index in [1.165, 1.54) is 0 Å². The minimum atomic E-state index is -0.868. The Morgan fingerprint density at radius 2 is 2.31 bits per heavy atom. The second-order valence-corrected chi connectivity index (χ2v) is 3.78. The van der Waals surface area contributed by atoms with E-state index in [1.54, 1.807) is 30.1 Å². The predicted molar refractivity (Wildman–Crippen MR) is 61.7 cm³/mol. The van der Waals surface area contributed by atoms with Crippen LogP contribution in [0.2, 0.25) is 5.02 Å². The second-order valence-electron chi connectivity index (χ2n) is 3.34. The Morgan fingerprint density at radius 1 is 1.62 bits per heavy atom. The van der Waals surface area contributed by atoms with Gasteiger partial charge in [-0.1, -0.05) is 11.6 Å². The Hall–Kier alpha value is -1.73. The maximum atomic E-state index is 10.4. The van der Waals surface area contributed by atoms with Crippen molar-refractivity contribution in [1.82, 2.24) is 0 Å². The average molecular weight is 239 g/mol. The predicted octanol–water partition coefficient (Wildman–Crippen LogP) is 2.12. The highest BCUT2D eigenvalue weighted by Gasteiger charge is 2.09. The molecule has 0 aliphatic rings. The average Bonchev–Trinajstić information content (AvgIpc) is 2.25. The number of carboxylic acid groups (broad SMARTS) is 1. The first-order valence-electron chi connectivity index (χ1n) is 4.67. The highest BCUT2D eigenvalue weighted by molar-refractivity contribution is 6.30. The summed E-state index contributed by atoms with van der Waals surface area (Å²) in [6, 6.07) is 6.95. The zero-order chi connectivity index (χ0) is 12.1. The number of benzene rings is 1. The SMILES string of the molecule is CN(CCC(=O)O)c1cc(Cl)ccc1C#N. The van der Waals surface area contributed by atoms with Crippen LogP contribution in [0.4, 0.5) is 5.69 Å². The van der Waals surface area contributed by atoms with E-state index < -0.39 is 5.97 Å². The molecular formula is C11H11ClN2O2. The van der Waals surface area contributed by atoms with Crippen molar-refractivity contribution < 1.29 is 9.90 Å². The number of carbonyl (C=O) groups is 1. The second kappa shape index (κ2) is 5.38. The molecule has 84 valence electrons. The summed E-state index contributed by atoms with van der Waals surface area (Å²) in [5.41, 5.74) is 1.13. The van der Waals surface area contributed by atoms with E-state index in [4.69, 9.17) is 22.0 Å². The smallest absolute Gasteiger partial charge is 0.305 e. The Morgan fingerprint density at radius 3 is 2.88 bits per heavy atom. The van der Waals surface area contributed by atoms with Gasteiger partial charge in [0.1, 0.15) is 6.07 Å². The molecule has 0 radical (unpaired) electrons. The summed E-state index contributed by atoms with van der Waals surface area (Å²) in [5, 5.41) is 18.0. The van der Waals surface area contributed by atoms with Crippen LogP contribution in [0, 0.1) is 11.3 Å². The molecule has 0 amide bonds. The van der Waals surface area contributed by atoms with Crippen LogP contribution < -0.4 is 4.90 Å². The third kappa shape index (κ3) is 3.14. The van der Waals surface area contributed by atoms with Crippen molar-refractivity contribution in [2.45, 2.75) is 6.42 Å². The van der Waals surface area contributed by atoms with Crippen LogP contribution in [-0.4, -0.2) is 24.7 Å². The van der Waals surface area contributed by atoms with Gasteiger partial charge >= 0.3 is 5.97 Å². The van der Waals surface area contributed by atoms with Crippen LogP contribution in [0.1, 0.15) is 12.0 Å². The molecule has 4 nitrogen and oxygen atoms in total. The summed E-state index contributed by atoms with van der Waals surface area (Å²) < 4.78 is 0. The Kier molecular flexibility index (Phi) is 4.15. The Labute approximate surface area is 98.7 Å². The third-order valence-electron chi connectivity index (χ3n) is 2.15. The van der Waals surface area contributed by atoms with Gasteiger partial charge in [-0.25, -0.2) is 0 Å². The molecule has 1 rings (SSSR count). The lowest BCUT2D eigenvalue weighted by Crippen LogP contribution is -2.21. The van der Waals surface area contributed by atoms with Crippen LogP contribution in [0.25, 0.3) is 0 Å². The van der Waals surface area contributed by atoms with Gasteiger partial charge in [-0.15, -0.1) is 0 Å². The molecule has 0 spiro atoms. The van der Waals surface area contributed by atoms with Gasteiger partial charge in [-0.05, 0) is 18.2 Å². The summed E-state index contributed by atoms with van der Waals surface area (Å²) in [4.78, 5) is 12.1. The van der Waals surface area contributed by atoms with Crippen molar-refractivity contribution in [1.29, 1.82) is 5.26 Å². The third-order valence-corrected chi connectivity index (χ3v) is 2.39. The fourth-order valence-electron chi connectivity index (χ4n) is 1.30. The molecule has 0 aromatic heterocycles. The van der Waals surface area contributed by atoms with E-state index in [1.807, 2.05) is 6.07 Å². The van der Waals surface area contributed by atoms with Gasteiger partial charge in [0.2, 0.25) is 0 Å². The molecule has 16 heavy (non-hydrogen) atoms. The summed E-state index contributed by atoms with van der Waals surface area (Å²) in [7, 11) is 1.73. The first kappa shape index (κ1) is 12.3. The number of nitriles is 1. The summed E-state index contributed by atoms with van der Waals surface area (Å²) in [6.45, 7) is 0.338. The van der Waals surface area contributed by atoms with Gasteiger partial charge in [-0.2, -0.15) is 5.26 Å². The quantitative estimate of drug-likeness (QED) is 0.873. The van der Waals surface area contributed by atoms with Crippen molar-refractivity contribution in [3.8, 4) is 6.07 Å². The van der Waals surface area contributed by atoms with E-state index in [-0.39, 0.29) is 6.42 Å². The van der Waals surface area contributed by atoms with E-state index in [2.05, 4.69) is 0 Å². The van der Waals surface area contributed by atoms with Crippen molar-refractivity contribution in [2.24, 2.45) is 0 Å². The maximum Gasteiger partial charge on any atom is 0.305 e. The highest BCUT2D eigenvalue weighted by Crippen LogP contribution is 2.23. The molecule has 0 unspecified atom stereocenters. The molecule has 0 fully saturated rings. The van der Waals surface area contributed by atoms with Gasteiger partial charge in [0.25, 0.3) is 0 Å². The topological polar surface area (TPSA) is 64.3 Å². The lowest BCUT2D eigenvalue weighted by molar-refractivity contribution is -0.136. The lowest BCUT2D eigenvalue weighted by Gasteiger charge is -2.19. The maximum absolute atomic E-state index is 10.4. The number of carboxylic acids is 1. The molecular weight excluding hydrogens is 228 g/mol. The fourth-order valence-corrected chi connectivity index (χ4v) is 1.47. The van der Waals surface area contributed by atoms with E-state index >= 15 is 0 Å². The molecule has 1 aromatic rings. The summed E-state index contributed by atoms with van der Waals surface area (Å²) >= 11 is 5.83. The first-order chi connectivity index (χ1) is 7.54. The van der Waals surface area contributed by atoms with Gasteiger partial charge < -0.3 is 10.0 Å². The zero-order valence-electron chi connectivity index (χ0n) is 8.77. The van der Waals surface area contributed by atoms with Gasteiger partial charge in [0.15, 0.2) is 0 Å². The van der Waals surface area contributed by atoms with Crippen LogP contribution in [0.15, 0.2) is 18.2 Å². The monoisotopic (exact) mass is 238 g/mol. The molecule has 5 heteroatoms. The molecule has 0 aliphatic carbocycles. The van der Waals surface area contributed by atoms with Gasteiger partial charge in [-0.3, -0.25) is 4.79 Å². The molecule has 0 aliphatic heterocycles. The van der Waals surface area contributed by atoms with Crippen LogP contribution in [-0.2, 0) is 4.79 Å². The molecule has 0 saturated heterocycles. The molecule has 1 N–H and O–H groups in total. The van der Waals surface area contributed by atoms with E-state index in [0.29, 0.717) is 22.8 Å². The molecule has 0 bridgehead atoms. The van der Waals surface area contributed by atoms with Crippen molar-refractivity contribution in [3.05, 3.63) is 28.8 Å². The largest absolute Gasteiger partial charge is 0.481 e. The number of rotatable bonds is 4. The number of aliphatic carboxylic acids is 1. The van der Waals surface area contributed by atoms with E-state index in [9.17, 15) is 4.79 Å². The molecule has 0 heterocycles. The minimum Gasteiger partial charge on any atom is -0.481 e. The summed E-state index contributed by atoms with van der Waals surface area (Å²) in [6.07, 6.45) is 0.0217. The van der Waals surface area contributed by atoms with Crippen LogP contribution in [0.3, 0.4) is 0 Å². The number of halogens is 1. The fraction of sp³-hybridized carbons (Fsp3) is 0.273. The van der Waals surface area contributed by atoms with Crippen LogP contribution in [0.5, 0.6) is 0 Å². The number of anilines is 1. The van der Waals surface area contributed by atoms with Gasteiger partial charge in [0.05, 0.1) is 17.7 Å². The van der Waals surface area contributed by atoms with E-state index in [0.717, 1.165) is 0 Å². The van der Waals surface area contributed by atoms with Crippen molar-refractivity contribution in [2.75, 3.05) is 18.5 Å². The van der Waals surface area contributed by atoms with Crippen LogP contribution >= 0.6 is 11.6 Å². The van der Waals surface area contributed by atoms with Crippen molar-refractivity contribution in [3.63, 3.8) is 0 Å². The lowest BCUT2D eigenvalue weighted by atomic mass is 10.2.